The number of hydrogen-bond donors (Lipinski definition) is 2. The minimum atomic E-state index is -0.576. The molecule has 3 aromatic rings. The summed E-state index contributed by atoms with van der Waals surface area (Å²) >= 11 is 1.35. The highest BCUT2D eigenvalue weighted by Crippen LogP contribution is 2.40. The van der Waals surface area contributed by atoms with Crippen LogP contribution in [0.25, 0.3) is 11.1 Å². The molecule has 0 saturated carbocycles. The summed E-state index contributed by atoms with van der Waals surface area (Å²) in [7, 11) is 0. The summed E-state index contributed by atoms with van der Waals surface area (Å²) in [4.78, 5) is 41.1. The number of anilines is 1. The van der Waals surface area contributed by atoms with Gasteiger partial charge < -0.3 is 16.0 Å². The van der Waals surface area contributed by atoms with Gasteiger partial charge in [-0.25, -0.2) is 0 Å². The summed E-state index contributed by atoms with van der Waals surface area (Å²) in [5.41, 5.74) is 9.41. The number of carbonyl (C=O) groups is 3. The molecular formula is C26H27N3O3S. The van der Waals surface area contributed by atoms with Gasteiger partial charge in [-0.15, -0.1) is 11.3 Å². The molecule has 1 aromatic heterocycles. The number of aryl methyl sites for hydroxylation is 2. The zero-order chi connectivity index (χ0) is 23.5. The first-order valence-electron chi connectivity index (χ1n) is 11.0. The van der Waals surface area contributed by atoms with E-state index in [1.54, 1.807) is 4.90 Å². The molecule has 3 amide bonds. The Labute approximate surface area is 197 Å². The number of hydrogen-bond acceptors (Lipinski definition) is 4. The van der Waals surface area contributed by atoms with Crippen molar-refractivity contribution in [2.75, 3.05) is 18.4 Å². The molecule has 1 aliphatic rings. The highest BCUT2D eigenvalue weighted by atomic mass is 32.1. The lowest BCUT2D eigenvalue weighted by Crippen LogP contribution is -2.43. The fourth-order valence-electron chi connectivity index (χ4n) is 4.29. The van der Waals surface area contributed by atoms with Crippen molar-refractivity contribution in [2.24, 2.45) is 11.7 Å². The fourth-order valence-corrected chi connectivity index (χ4v) is 5.37. The molecule has 3 N–H and O–H groups in total. The summed E-state index contributed by atoms with van der Waals surface area (Å²) in [6, 6.07) is 17.0. The van der Waals surface area contributed by atoms with E-state index in [0.29, 0.717) is 35.6 Å². The second-order valence-electron chi connectivity index (χ2n) is 8.41. The molecule has 0 spiro atoms. The van der Waals surface area contributed by atoms with E-state index in [1.165, 1.54) is 11.3 Å². The summed E-state index contributed by atoms with van der Waals surface area (Å²) in [6.07, 6.45) is 1.43. The van der Waals surface area contributed by atoms with Gasteiger partial charge in [0.2, 0.25) is 5.91 Å². The van der Waals surface area contributed by atoms with Crippen LogP contribution in [0.2, 0.25) is 0 Å². The molecule has 2 aromatic carbocycles. The number of likely N-dealkylation sites (tertiary alicyclic amines) is 1. The van der Waals surface area contributed by atoms with Crippen molar-refractivity contribution in [3.05, 3.63) is 76.2 Å². The van der Waals surface area contributed by atoms with Crippen LogP contribution < -0.4 is 11.1 Å². The molecular weight excluding hydrogens is 434 g/mol. The monoisotopic (exact) mass is 461 g/mol. The van der Waals surface area contributed by atoms with Gasteiger partial charge in [-0.2, -0.15) is 0 Å². The van der Waals surface area contributed by atoms with Gasteiger partial charge in [0.1, 0.15) is 5.00 Å². The van der Waals surface area contributed by atoms with Crippen LogP contribution in [0.15, 0.2) is 54.6 Å². The Kier molecular flexibility index (Phi) is 6.60. The molecule has 6 nitrogen and oxygen atoms in total. The molecule has 1 atom stereocenters. The minimum Gasteiger partial charge on any atom is -0.365 e. The Bertz CT molecular complexity index is 1190. The van der Waals surface area contributed by atoms with Gasteiger partial charge in [0.15, 0.2) is 0 Å². The van der Waals surface area contributed by atoms with Crippen LogP contribution in [0.3, 0.4) is 0 Å². The largest absolute Gasteiger partial charge is 0.365 e. The molecule has 4 rings (SSSR count). The van der Waals surface area contributed by atoms with Gasteiger partial charge in [-0.3, -0.25) is 14.4 Å². The molecule has 1 aliphatic heterocycles. The van der Waals surface area contributed by atoms with Crippen molar-refractivity contribution >= 4 is 34.1 Å². The molecule has 0 radical (unpaired) electrons. The lowest BCUT2D eigenvalue weighted by molar-refractivity contribution is -0.121. The van der Waals surface area contributed by atoms with E-state index < -0.39 is 5.91 Å². The first-order chi connectivity index (χ1) is 15.8. The van der Waals surface area contributed by atoms with Crippen LogP contribution >= 0.6 is 11.3 Å². The quantitative estimate of drug-likeness (QED) is 0.581. The number of benzene rings is 2. The van der Waals surface area contributed by atoms with E-state index in [1.807, 2.05) is 68.4 Å². The Hall–Kier alpha value is -3.45. The maximum atomic E-state index is 13.2. The summed E-state index contributed by atoms with van der Waals surface area (Å²) < 4.78 is 0. The first kappa shape index (κ1) is 22.7. The average molecular weight is 462 g/mol. The predicted octanol–water partition coefficient (Wildman–Crippen LogP) is 4.62. The van der Waals surface area contributed by atoms with Gasteiger partial charge in [0, 0.05) is 29.1 Å². The smallest absolute Gasteiger partial charge is 0.253 e. The van der Waals surface area contributed by atoms with Crippen molar-refractivity contribution < 1.29 is 14.4 Å². The third kappa shape index (κ3) is 4.83. The molecule has 0 aliphatic carbocycles. The summed E-state index contributed by atoms with van der Waals surface area (Å²) in [5, 5.41) is 3.40. The molecule has 33 heavy (non-hydrogen) atoms. The first-order valence-corrected chi connectivity index (χ1v) is 11.8. The average Bonchev–Trinajstić information content (AvgIpc) is 3.15. The number of nitrogens with zero attached hydrogens (tertiary/aromatic N) is 1. The lowest BCUT2D eigenvalue weighted by atomic mass is 9.96. The number of nitrogens with two attached hydrogens (primary N) is 1. The fraction of sp³-hybridized carbons (Fsp3) is 0.269. The third-order valence-corrected chi connectivity index (χ3v) is 7.03. The number of nitrogens with one attached hydrogen (secondary N) is 1. The van der Waals surface area contributed by atoms with Gasteiger partial charge in [-0.05, 0) is 44.4 Å². The number of amides is 3. The van der Waals surface area contributed by atoms with Gasteiger partial charge in [0.25, 0.3) is 11.8 Å². The van der Waals surface area contributed by atoms with Crippen LogP contribution in [0.1, 0.15) is 44.0 Å². The Balaban J connectivity index is 1.53. The topological polar surface area (TPSA) is 92.5 Å². The van der Waals surface area contributed by atoms with Crippen LogP contribution in [0.4, 0.5) is 5.00 Å². The van der Waals surface area contributed by atoms with Crippen molar-refractivity contribution in [3.8, 4) is 11.1 Å². The zero-order valence-electron chi connectivity index (χ0n) is 18.8. The molecule has 7 heteroatoms. The molecule has 1 saturated heterocycles. The summed E-state index contributed by atoms with van der Waals surface area (Å²) in [6.45, 7) is 4.86. The van der Waals surface area contributed by atoms with Crippen LogP contribution in [-0.2, 0) is 4.79 Å². The highest BCUT2D eigenvalue weighted by molar-refractivity contribution is 7.17. The van der Waals surface area contributed by atoms with Crippen LogP contribution in [0.5, 0.6) is 0 Å². The third-order valence-electron chi connectivity index (χ3n) is 6.01. The second-order valence-corrected chi connectivity index (χ2v) is 9.64. The van der Waals surface area contributed by atoms with Gasteiger partial charge in [0.05, 0.1) is 11.5 Å². The van der Waals surface area contributed by atoms with E-state index in [4.69, 9.17) is 5.73 Å². The minimum absolute atomic E-state index is 0.0661. The maximum absolute atomic E-state index is 13.2. The number of piperidine rings is 1. The summed E-state index contributed by atoms with van der Waals surface area (Å²) in [5.74, 6) is -1.19. The van der Waals surface area contributed by atoms with E-state index in [2.05, 4.69) is 5.32 Å². The Morgan fingerprint density at radius 2 is 1.73 bits per heavy atom. The number of carbonyl (C=O) groups excluding carboxylic acids is 3. The van der Waals surface area contributed by atoms with Crippen molar-refractivity contribution in [2.45, 2.75) is 26.7 Å². The SMILES string of the molecule is Cc1ccc(C(=O)N2CCCC(C(=O)Nc3sc(C)c(-c4ccccc4)c3C(N)=O)C2)cc1. The Morgan fingerprint density at radius 1 is 1.03 bits per heavy atom. The normalized spacial score (nSPS) is 15.8. The molecule has 170 valence electrons. The molecule has 1 fully saturated rings. The number of rotatable bonds is 5. The van der Waals surface area contributed by atoms with E-state index in [9.17, 15) is 14.4 Å². The second kappa shape index (κ2) is 9.58. The standard InChI is InChI=1S/C26H27N3O3S/c1-16-10-12-19(13-11-16)26(32)29-14-6-9-20(15-29)24(31)28-25-22(23(27)30)21(17(2)33-25)18-7-4-3-5-8-18/h3-5,7-8,10-13,20H,6,9,14-15H2,1-2H3,(H2,27,30)(H,28,31). The van der Waals surface area contributed by atoms with E-state index in [0.717, 1.165) is 28.0 Å². The van der Waals surface area contributed by atoms with E-state index in [-0.39, 0.29) is 17.7 Å². The van der Waals surface area contributed by atoms with Crippen LogP contribution in [0, 0.1) is 19.8 Å². The van der Waals surface area contributed by atoms with Crippen molar-refractivity contribution in [1.29, 1.82) is 0 Å². The maximum Gasteiger partial charge on any atom is 0.253 e. The van der Waals surface area contributed by atoms with E-state index >= 15 is 0 Å². The molecule has 0 bridgehead atoms. The predicted molar refractivity (Wildman–Crippen MR) is 131 cm³/mol. The highest BCUT2D eigenvalue weighted by Gasteiger charge is 2.31. The number of thiophene rings is 1. The lowest BCUT2D eigenvalue weighted by Gasteiger charge is -2.32. The molecule has 1 unspecified atom stereocenters. The molecule has 2 heterocycles. The van der Waals surface area contributed by atoms with Crippen molar-refractivity contribution in [3.63, 3.8) is 0 Å². The number of primary amides is 1. The van der Waals surface area contributed by atoms with Gasteiger partial charge >= 0.3 is 0 Å². The zero-order valence-corrected chi connectivity index (χ0v) is 19.6. The van der Waals surface area contributed by atoms with Crippen molar-refractivity contribution in [1.82, 2.24) is 4.90 Å². The van der Waals surface area contributed by atoms with Crippen LogP contribution in [-0.4, -0.2) is 35.7 Å². The Morgan fingerprint density at radius 3 is 2.39 bits per heavy atom. The van der Waals surface area contributed by atoms with Gasteiger partial charge in [-0.1, -0.05) is 48.0 Å².